The first-order chi connectivity index (χ1) is 23.3. The van der Waals surface area contributed by atoms with Crippen molar-refractivity contribution in [2.45, 2.75) is 46.2 Å². The molecule has 1 unspecified atom stereocenters. The third-order valence-corrected chi connectivity index (χ3v) is 11.7. The van der Waals surface area contributed by atoms with E-state index in [0.29, 0.717) is 0 Å². The molecule has 234 valence electrons. The number of rotatable bonds is 4. The van der Waals surface area contributed by atoms with Gasteiger partial charge in [-0.15, -0.1) is 11.3 Å². The lowest BCUT2D eigenvalue weighted by Gasteiger charge is -2.31. The van der Waals surface area contributed by atoms with Crippen LogP contribution in [0.5, 0.6) is 0 Å². The molecule has 0 radical (unpaired) electrons. The van der Waals surface area contributed by atoms with Gasteiger partial charge in [-0.3, -0.25) is 0 Å². The SMILES string of the molecule is Cc1cccc(C)c1N1c2c(c3ccccc3c3ccccc23)NC1c1ccc(C)c2c1sc1nc(C(C)(C)c3ccccc3)ccc12. The summed E-state index contributed by atoms with van der Waals surface area (Å²) in [6.45, 7) is 11.3. The second-order valence-corrected chi connectivity index (χ2v) is 14.8. The normalized spacial score (nSPS) is 14.7. The van der Waals surface area contributed by atoms with Gasteiger partial charge in [-0.05, 0) is 65.9 Å². The lowest BCUT2D eigenvalue weighted by Crippen LogP contribution is -2.25. The summed E-state index contributed by atoms with van der Waals surface area (Å²) in [4.78, 5) is 9.05. The van der Waals surface area contributed by atoms with Gasteiger partial charge in [-0.25, -0.2) is 4.98 Å². The number of nitrogens with one attached hydrogen (secondary N) is 1. The van der Waals surface area contributed by atoms with Crippen LogP contribution >= 0.6 is 11.3 Å². The zero-order valence-corrected chi connectivity index (χ0v) is 28.7. The summed E-state index contributed by atoms with van der Waals surface area (Å²) in [6.07, 6.45) is -0.106. The number of fused-ring (bicyclic) bond motifs is 9. The summed E-state index contributed by atoms with van der Waals surface area (Å²) in [6, 6.07) is 44.3. The van der Waals surface area contributed by atoms with Gasteiger partial charge in [0.15, 0.2) is 0 Å². The Morgan fingerprint density at radius 1 is 0.604 bits per heavy atom. The number of thiophene rings is 1. The predicted octanol–water partition coefficient (Wildman–Crippen LogP) is 12.3. The molecule has 6 aromatic carbocycles. The van der Waals surface area contributed by atoms with Gasteiger partial charge in [0.25, 0.3) is 0 Å². The third-order valence-electron chi connectivity index (χ3n) is 10.5. The molecule has 4 heteroatoms. The fourth-order valence-electron chi connectivity index (χ4n) is 8.01. The van der Waals surface area contributed by atoms with Gasteiger partial charge in [-0.1, -0.05) is 123 Å². The molecule has 0 saturated carbocycles. The summed E-state index contributed by atoms with van der Waals surface area (Å²) in [7, 11) is 0. The number of benzene rings is 6. The summed E-state index contributed by atoms with van der Waals surface area (Å²) < 4.78 is 1.29. The number of nitrogens with zero attached hydrogens (tertiary/aromatic N) is 2. The maximum atomic E-state index is 5.38. The third kappa shape index (κ3) is 4.15. The van der Waals surface area contributed by atoms with Crippen molar-refractivity contribution in [3.63, 3.8) is 0 Å². The number of aromatic nitrogens is 1. The lowest BCUT2D eigenvalue weighted by molar-refractivity contribution is 0.620. The molecule has 3 nitrogen and oxygen atoms in total. The highest BCUT2D eigenvalue weighted by atomic mass is 32.1. The number of para-hydroxylation sites is 1. The van der Waals surface area contributed by atoms with Crippen LogP contribution in [0, 0.1) is 20.8 Å². The molecule has 0 spiro atoms. The fourth-order valence-corrected chi connectivity index (χ4v) is 9.29. The van der Waals surface area contributed by atoms with Crippen molar-refractivity contribution >= 4 is 70.2 Å². The molecule has 1 atom stereocenters. The lowest BCUT2D eigenvalue weighted by atomic mass is 9.81. The zero-order valence-electron chi connectivity index (χ0n) is 27.9. The van der Waals surface area contributed by atoms with E-state index >= 15 is 0 Å². The second-order valence-electron chi connectivity index (χ2n) is 13.8. The Morgan fingerprint density at radius 3 is 1.98 bits per heavy atom. The van der Waals surface area contributed by atoms with Gasteiger partial charge in [-0.2, -0.15) is 0 Å². The number of pyridine rings is 1. The molecular weight excluding hydrogens is 603 g/mol. The molecule has 1 aliphatic heterocycles. The van der Waals surface area contributed by atoms with Crippen LogP contribution in [0.4, 0.5) is 17.1 Å². The Labute approximate surface area is 285 Å². The maximum absolute atomic E-state index is 5.38. The first-order valence-corrected chi connectivity index (χ1v) is 17.6. The van der Waals surface area contributed by atoms with Crippen molar-refractivity contribution < 1.29 is 0 Å². The van der Waals surface area contributed by atoms with Crippen molar-refractivity contribution in [2.24, 2.45) is 0 Å². The minimum atomic E-state index is -0.209. The molecule has 0 saturated heterocycles. The number of hydrogen-bond donors (Lipinski definition) is 1. The van der Waals surface area contributed by atoms with Crippen LogP contribution in [0.2, 0.25) is 0 Å². The molecule has 3 heterocycles. The Morgan fingerprint density at radius 2 is 1.25 bits per heavy atom. The van der Waals surface area contributed by atoms with Gasteiger partial charge in [0.2, 0.25) is 0 Å². The van der Waals surface area contributed by atoms with Crippen molar-refractivity contribution in [1.82, 2.24) is 4.98 Å². The zero-order chi connectivity index (χ0) is 32.7. The highest BCUT2D eigenvalue weighted by Gasteiger charge is 2.37. The van der Waals surface area contributed by atoms with Crippen LogP contribution in [-0.2, 0) is 5.41 Å². The van der Waals surface area contributed by atoms with Gasteiger partial charge < -0.3 is 10.2 Å². The van der Waals surface area contributed by atoms with E-state index in [1.54, 1.807) is 0 Å². The number of hydrogen-bond acceptors (Lipinski definition) is 4. The van der Waals surface area contributed by atoms with Crippen LogP contribution in [0.1, 0.15) is 53.5 Å². The molecule has 0 aliphatic carbocycles. The Bertz CT molecular complexity index is 2540. The van der Waals surface area contributed by atoms with E-state index < -0.39 is 0 Å². The molecule has 0 bridgehead atoms. The predicted molar refractivity (Wildman–Crippen MR) is 206 cm³/mol. The van der Waals surface area contributed by atoms with Gasteiger partial charge in [0.05, 0.1) is 17.1 Å². The molecule has 1 aliphatic rings. The van der Waals surface area contributed by atoms with Crippen molar-refractivity contribution in [3.05, 3.63) is 155 Å². The van der Waals surface area contributed by atoms with E-state index in [0.717, 1.165) is 10.5 Å². The monoisotopic (exact) mass is 639 g/mol. The molecule has 48 heavy (non-hydrogen) atoms. The standard InChI is InChI=1S/C44H37N3S/c1-26-22-23-35(41-37(26)34-24-25-36(45-43(34)48-41)44(4,5)29-16-7-6-8-17-29)42-46-38-32-20-11-9-18-30(32)31-19-10-12-21-33(31)40(38)47(42)39-27(2)14-13-15-28(39)3/h6-25,42,46H,1-5H3. The smallest absolute Gasteiger partial charge is 0.132 e. The Hall–Kier alpha value is -5.19. The highest BCUT2D eigenvalue weighted by Crippen LogP contribution is 2.55. The van der Waals surface area contributed by atoms with Gasteiger partial charge in [0, 0.05) is 42.9 Å². The van der Waals surface area contributed by atoms with E-state index in [1.807, 2.05) is 11.3 Å². The van der Waals surface area contributed by atoms with Crippen LogP contribution in [-0.4, -0.2) is 4.98 Å². The van der Waals surface area contributed by atoms with E-state index in [1.165, 1.54) is 81.9 Å². The Kier molecular flexibility index (Phi) is 6.44. The number of anilines is 3. The summed E-state index contributed by atoms with van der Waals surface area (Å²) >= 11 is 1.83. The second kappa shape index (κ2) is 10.7. The first-order valence-electron chi connectivity index (χ1n) is 16.8. The summed E-state index contributed by atoms with van der Waals surface area (Å²) in [5, 5.41) is 11.7. The molecule has 0 amide bonds. The maximum Gasteiger partial charge on any atom is 0.132 e. The van der Waals surface area contributed by atoms with Crippen LogP contribution < -0.4 is 10.2 Å². The molecule has 9 rings (SSSR count). The van der Waals surface area contributed by atoms with Gasteiger partial charge >= 0.3 is 0 Å². The quantitative estimate of drug-likeness (QED) is 0.194. The van der Waals surface area contributed by atoms with E-state index in [-0.39, 0.29) is 11.6 Å². The average molecular weight is 640 g/mol. The van der Waals surface area contributed by atoms with E-state index in [4.69, 9.17) is 4.98 Å². The summed E-state index contributed by atoms with van der Waals surface area (Å²) in [5.74, 6) is 0. The molecule has 1 N–H and O–H groups in total. The highest BCUT2D eigenvalue weighted by molar-refractivity contribution is 7.25. The van der Waals surface area contributed by atoms with Crippen molar-refractivity contribution in [3.8, 4) is 0 Å². The topological polar surface area (TPSA) is 28.2 Å². The molecule has 0 fully saturated rings. The van der Waals surface area contributed by atoms with Crippen LogP contribution in [0.15, 0.2) is 121 Å². The molecule has 8 aromatic rings. The Balaban J connectivity index is 1.31. The number of aryl methyl sites for hydroxylation is 3. The van der Waals surface area contributed by atoms with E-state index in [9.17, 15) is 0 Å². The van der Waals surface area contributed by atoms with Crippen LogP contribution in [0.25, 0.3) is 41.8 Å². The summed E-state index contributed by atoms with van der Waals surface area (Å²) in [5.41, 5.74) is 10.9. The van der Waals surface area contributed by atoms with Gasteiger partial charge in [0.1, 0.15) is 11.0 Å². The minimum Gasteiger partial charge on any atom is -0.359 e. The first kappa shape index (κ1) is 29.0. The fraction of sp³-hybridized carbons (Fsp3) is 0.159. The molecular formula is C44H37N3S. The largest absolute Gasteiger partial charge is 0.359 e. The van der Waals surface area contributed by atoms with E-state index in [2.05, 4.69) is 166 Å². The minimum absolute atomic E-state index is 0.106. The van der Waals surface area contributed by atoms with Crippen molar-refractivity contribution in [2.75, 3.05) is 10.2 Å². The molecule has 2 aromatic heterocycles. The van der Waals surface area contributed by atoms with Crippen molar-refractivity contribution in [1.29, 1.82) is 0 Å². The van der Waals surface area contributed by atoms with Crippen LogP contribution in [0.3, 0.4) is 0 Å². The average Bonchev–Trinajstić information content (AvgIpc) is 3.69.